The lowest BCUT2D eigenvalue weighted by Crippen LogP contribution is -2.07. The van der Waals surface area contributed by atoms with Crippen LogP contribution < -0.4 is 5.32 Å². The highest BCUT2D eigenvalue weighted by molar-refractivity contribution is 6.31. The van der Waals surface area contributed by atoms with Crippen molar-refractivity contribution in [3.63, 3.8) is 0 Å². The zero-order valence-corrected chi connectivity index (χ0v) is 10.6. The number of hydrogen-bond donors (Lipinski definition) is 2. The summed E-state index contributed by atoms with van der Waals surface area (Å²) in [4.78, 5) is 0. The summed E-state index contributed by atoms with van der Waals surface area (Å²) in [5, 5.41) is 12.5. The molecule has 2 aromatic rings. The molecule has 0 aliphatic rings. The Labute approximate surface area is 110 Å². The average molecular weight is 266 g/mol. The van der Waals surface area contributed by atoms with Crippen LogP contribution in [0.3, 0.4) is 0 Å². The van der Waals surface area contributed by atoms with E-state index in [1.807, 2.05) is 13.0 Å². The van der Waals surface area contributed by atoms with Gasteiger partial charge in [0.05, 0.1) is 10.7 Å². The monoisotopic (exact) mass is 265 g/mol. The fourth-order valence-corrected chi connectivity index (χ4v) is 1.90. The van der Waals surface area contributed by atoms with Gasteiger partial charge < -0.3 is 10.4 Å². The Hall–Kier alpha value is -1.74. The van der Waals surface area contributed by atoms with Gasteiger partial charge in [0.2, 0.25) is 0 Å². The first kappa shape index (κ1) is 12.7. The van der Waals surface area contributed by atoms with E-state index >= 15 is 0 Å². The van der Waals surface area contributed by atoms with Crippen LogP contribution in [0.1, 0.15) is 18.5 Å². The lowest BCUT2D eigenvalue weighted by molar-refractivity contribution is 0.474. The molecule has 4 heteroatoms. The van der Waals surface area contributed by atoms with Crippen LogP contribution >= 0.6 is 11.6 Å². The van der Waals surface area contributed by atoms with Gasteiger partial charge >= 0.3 is 0 Å². The first-order valence-corrected chi connectivity index (χ1v) is 5.95. The lowest BCUT2D eigenvalue weighted by Gasteiger charge is -2.16. The molecule has 18 heavy (non-hydrogen) atoms. The summed E-state index contributed by atoms with van der Waals surface area (Å²) in [6.07, 6.45) is 0. The largest absolute Gasteiger partial charge is 0.508 e. The van der Waals surface area contributed by atoms with Crippen LogP contribution in [0.15, 0.2) is 42.5 Å². The van der Waals surface area contributed by atoms with Crippen LogP contribution in [0.5, 0.6) is 5.75 Å². The maximum Gasteiger partial charge on any atom is 0.164 e. The summed E-state index contributed by atoms with van der Waals surface area (Å²) in [5.41, 5.74) is 1.22. The molecule has 0 aromatic heterocycles. The standard InChI is InChI=1S/C14H13ClFNO/c1-9(10-4-2-5-11(18)8-10)17-13-7-3-6-12(15)14(13)16/h2-9,17-18H,1H3. The number of anilines is 1. The van der Waals surface area contributed by atoms with Crippen LogP contribution in [0.25, 0.3) is 0 Å². The third-order valence-corrected chi connectivity index (χ3v) is 2.99. The Morgan fingerprint density at radius 1 is 1.22 bits per heavy atom. The Morgan fingerprint density at radius 2 is 1.94 bits per heavy atom. The fraction of sp³-hybridized carbons (Fsp3) is 0.143. The van der Waals surface area contributed by atoms with Gasteiger partial charge in [-0.3, -0.25) is 0 Å². The number of hydrogen-bond acceptors (Lipinski definition) is 2. The molecular weight excluding hydrogens is 253 g/mol. The summed E-state index contributed by atoms with van der Waals surface area (Å²) in [5.74, 6) is -0.279. The van der Waals surface area contributed by atoms with E-state index in [4.69, 9.17) is 11.6 Å². The molecule has 2 aromatic carbocycles. The molecule has 0 heterocycles. The molecular formula is C14H13ClFNO. The molecule has 2 nitrogen and oxygen atoms in total. The van der Waals surface area contributed by atoms with E-state index in [1.165, 1.54) is 6.07 Å². The van der Waals surface area contributed by atoms with Crippen LogP contribution in [-0.4, -0.2) is 5.11 Å². The SMILES string of the molecule is CC(Nc1cccc(Cl)c1F)c1cccc(O)c1. The highest BCUT2D eigenvalue weighted by atomic mass is 35.5. The molecule has 1 unspecified atom stereocenters. The third-order valence-electron chi connectivity index (χ3n) is 2.69. The summed E-state index contributed by atoms with van der Waals surface area (Å²) >= 11 is 5.71. The van der Waals surface area contributed by atoms with E-state index in [0.29, 0.717) is 5.69 Å². The molecule has 2 N–H and O–H groups in total. The van der Waals surface area contributed by atoms with Gasteiger partial charge in [0, 0.05) is 6.04 Å². The van der Waals surface area contributed by atoms with Gasteiger partial charge in [-0.15, -0.1) is 0 Å². The molecule has 0 spiro atoms. The first-order valence-electron chi connectivity index (χ1n) is 5.57. The Balaban J connectivity index is 2.21. The predicted octanol–water partition coefficient (Wildman–Crippen LogP) is 4.36. The van der Waals surface area contributed by atoms with Gasteiger partial charge in [0.25, 0.3) is 0 Å². The molecule has 0 saturated heterocycles. The molecule has 0 aliphatic carbocycles. The van der Waals surface area contributed by atoms with Crippen molar-refractivity contribution < 1.29 is 9.50 Å². The number of aromatic hydroxyl groups is 1. The molecule has 0 fully saturated rings. The van der Waals surface area contributed by atoms with Crippen LogP contribution in [0.2, 0.25) is 5.02 Å². The summed E-state index contributed by atoms with van der Waals surface area (Å²) in [6.45, 7) is 1.88. The minimum atomic E-state index is -0.467. The van der Waals surface area contributed by atoms with Gasteiger partial charge in [-0.2, -0.15) is 0 Å². The van der Waals surface area contributed by atoms with Crippen molar-refractivity contribution in [1.29, 1.82) is 0 Å². The van der Waals surface area contributed by atoms with Gasteiger partial charge in [-0.1, -0.05) is 29.8 Å². The molecule has 2 rings (SSSR count). The summed E-state index contributed by atoms with van der Waals surface area (Å²) in [7, 11) is 0. The highest BCUT2D eigenvalue weighted by Crippen LogP contribution is 2.27. The molecule has 0 aliphatic heterocycles. The van der Waals surface area contributed by atoms with Gasteiger partial charge in [-0.05, 0) is 36.8 Å². The molecule has 0 saturated carbocycles. The minimum absolute atomic E-state index is 0.0862. The minimum Gasteiger partial charge on any atom is -0.508 e. The van der Waals surface area contributed by atoms with E-state index in [9.17, 15) is 9.50 Å². The van der Waals surface area contributed by atoms with Crippen LogP contribution in [0, 0.1) is 5.82 Å². The predicted molar refractivity (Wildman–Crippen MR) is 71.6 cm³/mol. The van der Waals surface area contributed by atoms with Crippen molar-refractivity contribution in [2.24, 2.45) is 0 Å². The normalized spacial score (nSPS) is 12.2. The smallest absolute Gasteiger partial charge is 0.164 e. The molecule has 0 bridgehead atoms. The lowest BCUT2D eigenvalue weighted by atomic mass is 10.1. The third kappa shape index (κ3) is 2.74. The van der Waals surface area contributed by atoms with Crippen molar-refractivity contribution >= 4 is 17.3 Å². The number of rotatable bonds is 3. The Morgan fingerprint density at radius 3 is 2.67 bits per heavy atom. The molecule has 94 valence electrons. The maximum atomic E-state index is 13.7. The van der Waals surface area contributed by atoms with Gasteiger partial charge in [-0.25, -0.2) is 4.39 Å². The second-order valence-corrected chi connectivity index (χ2v) is 4.47. The van der Waals surface area contributed by atoms with Crippen molar-refractivity contribution in [3.8, 4) is 5.75 Å². The maximum absolute atomic E-state index is 13.7. The fourth-order valence-electron chi connectivity index (χ4n) is 1.73. The Kier molecular flexibility index (Phi) is 3.72. The molecule has 0 amide bonds. The highest BCUT2D eigenvalue weighted by Gasteiger charge is 2.10. The second-order valence-electron chi connectivity index (χ2n) is 4.06. The van der Waals surface area contributed by atoms with E-state index in [2.05, 4.69) is 5.32 Å². The number of phenols is 1. The van der Waals surface area contributed by atoms with Gasteiger partial charge in [0.1, 0.15) is 5.75 Å². The van der Waals surface area contributed by atoms with Crippen molar-refractivity contribution in [1.82, 2.24) is 0 Å². The number of benzene rings is 2. The summed E-state index contributed by atoms with van der Waals surface area (Å²) < 4.78 is 13.7. The Bertz CT molecular complexity index is 559. The second kappa shape index (κ2) is 5.27. The van der Waals surface area contributed by atoms with E-state index in [-0.39, 0.29) is 16.8 Å². The van der Waals surface area contributed by atoms with E-state index in [0.717, 1.165) is 5.56 Å². The van der Waals surface area contributed by atoms with E-state index < -0.39 is 5.82 Å². The van der Waals surface area contributed by atoms with Crippen LogP contribution in [0.4, 0.5) is 10.1 Å². The zero-order chi connectivity index (χ0) is 13.1. The van der Waals surface area contributed by atoms with E-state index in [1.54, 1.807) is 30.3 Å². The number of nitrogens with one attached hydrogen (secondary N) is 1. The van der Waals surface area contributed by atoms with Crippen molar-refractivity contribution in [2.45, 2.75) is 13.0 Å². The topological polar surface area (TPSA) is 32.3 Å². The quantitative estimate of drug-likeness (QED) is 0.864. The zero-order valence-electron chi connectivity index (χ0n) is 9.82. The summed E-state index contributed by atoms with van der Waals surface area (Å²) in [6, 6.07) is 11.5. The van der Waals surface area contributed by atoms with Gasteiger partial charge in [0.15, 0.2) is 5.82 Å². The van der Waals surface area contributed by atoms with Crippen LogP contribution in [-0.2, 0) is 0 Å². The first-order chi connectivity index (χ1) is 8.58. The molecule has 1 atom stereocenters. The number of halogens is 2. The molecule has 0 radical (unpaired) electrons. The average Bonchev–Trinajstić information content (AvgIpc) is 2.35. The van der Waals surface area contributed by atoms with Crippen molar-refractivity contribution in [2.75, 3.05) is 5.32 Å². The van der Waals surface area contributed by atoms with Crippen molar-refractivity contribution in [3.05, 3.63) is 58.9 Å². The number of phenolic OH excluding ortho intramolecular Hbond substituents is 1.